The molecule has 0 bridgehead atoms. The number of carbonyl (C=O) groups excluding carboxylic acids is 1. The van der Waals surface area contributed by atoms with Crippen LogP contribution in [0.2, 0.25) is 0 Å². The fourth-order valence-corrected chi connectivity index (χ4v) is 2.06. The van der Waals surface area contributed by atoms with Gasteiger partial charge in [-0.05, 0) is 57.5 Å². The predicted octanol–water partition coefficient (Wildman–Crippen LogP) is 3.39. The number of likely N-dealkylation sites (N-methyl/N-ethyl adjacent to an activating group) is 1. The molecule has 0 atom stereocenters. The van der Waals surface area contributed by atoms with Crippen LogP contribution in [0.5, 0.6) is 0 Å². The number of carbonyl (C=O) groups is 1. The highest BCUT2D eigenvalue weighted by atomic mass is 79.9. The molecule has 0 radical (unpaired) electrons. The number of anilines is 1. The third-order valence-electron chi connectivity index (χ3n) is 2.88. The molecule has 0 heterocycles. The van der Waals surface area contributed by atoms with Crippen molar-refractivity contribution in [2.45, 2.75) is 40.2 Å². The molecule has 1 rings (SSSR count). The summed E-state index contributed by atoms with van der Waals surface area (Å²) < 4.78 is 1.09. The smallest absolute Gasteiger partial charge is 0.244 e. The van der Waals surface area contributed by atoms with Gasteiger partial charge in [-0.25, -0.2) is 0 Å². The van der Waals surface area contributed by atoms with E-state index in [9.17, 15) is 4.79 Å². The van der Waals surface area contributed by atoms with Crippen molar-refractivity contribution in [3.8, 4) is 0 Å². The molecule has 1 aromatic rings. The van der Waals surface area contributed by atoms with Crippen molar-refractivity contribution in [2.75, 3.05) is 11.9 Å². The van der Waals surface area contributed by atoms with Crippen molar-refractivity contribution < 1.29 is 4.79 Å². The van der Waals surface area contributed by atoms with Gasteiger partial charge in [0.05, 0.1) is 5.54 Å². The van der Waals surface area contributed by atoms with Crippen LogP contribution >= 0.6 is 15.9 Å². The van der Waals surface area contributed by atoms with Gasteiger partial charge < -0.3 is 10.6 Å². The van der Waals surface area contributed by atoms with E-state index in [1.807, 2.05) is 46.8 Å². The van der Waals surface area contributed by atoms with Crippen molar-refractivity contribution in [2.24, 2.45) is 0 Å². The minimum atomic E-state index is -0.566. The molecule has 1 aromatic carbocycles. The van der Waals surface area contributed by atoms with Gasteiger partial charge in [-0.15, -0.1) is 0 Å². The number of nitrogens with one attached hydrogen (secondary N) is 2. The molecule has 0 aromatic heterocycles. The van der Waals surface area contributed by atoms with Crippen LogP contribution < -0.4 is 10.6 Å². The number of hydrogen-bond donors (Lipinski definition) is 2. The number of halogens is 1. The van der Waals surface area contributed by atoms with Crippen LogP contribution in [0.4, 0.5) is 5.69 Å². The summed E-state index contributed by atoms with van der Waals surface area (Å²) in [7, 11) is 0. The summed E-state index contributed by atoms with van der Waals surface area (Å²) in [5.41, 5.74) is 2.51. The highest BCUT2D eigenvalue weighted by Gasteiger charge is 2.26. The van der Waals surface area contributed by atoms with E-state index in [0.717, 1.165) is 27.8 Å². The fraction of sp³-hybridized carbons (Fsp3) is 0.500. The Balaban J connectivity index is 2.89. The van der Waals surface area contributed by atoms with E-state index >= 15 is 0 Å². The molecular formula is C14H21BrN2O. The summed E-state index contributed by atoms with van der Waals surface area (Å²) in [6.45, 7) is 10.5. The van der Waals surface area contributed by atoms with Gasteiger partial charge in [0.25, 0.3) is 0 Å². The molecular weight excluding hydrogens is 292 g/mol. The van der Waals surface area contributed by atoms with Crippen molar-refractivity contribution in [3.63, 3.8) is 0 Å². The molecule has 0 aliphatic heterocycles. The van der Waals surface area contributed by atoms with E-state index < -0.39 is 5.54 Å². The Kier molecular flexibility index (Phi) is 4.93. The molecule has 18 heavy (non-hydrogen) atoms. The zero-order valence-corrected chi connectivity index (χ0v) is 13.2. The molecule has 1 amide bonds. The number of hydrogen-bond acceptors (Lipinski definition) is 2. The van der Waals surface area contributed by atoms with Gasteiger partial charge in [0.1, 0.15) is 0 Å². The quantitative estimate of drug-likeness (QED) is 0.894. The van der Waals surface area contributed by atoms with Crippen LogP contribution in [-0.2, 0) is 4.79 Å². The fourth-order valence-electron chi connectivity index (χ4n) is 1.83. The highest BCUT2D eigenvalue weighted by molar-refractivity contribution is 9.10. The van der Waals surface area contributed by atoms with Crippen LogP contribution in [0.25, 0.3) is 0 Å². The summed E-state index contributed by atoms with van der Waals surface area (Å²) in [5.74, 6) is -0.0227. The summed E-state index contributed by atoms with van der Waals surface area (Å²) >= 11 is 3.52. The standard InChI is InChI=1S/C14H21BrN2O/c1-6-16-14(4,5)13(18)17-11-7-9(2)12(15)10(3)8-11/h7-8,16H,6H2,1-5H3,(H,17,18). The first-order chi connectivity index (χ1) is 8.27. The van der Waals surface area contributed by atoms with E-state index in [1.165, 1.54) is 0 Å². The third-order valence-corrected chi connectivity index (χ3v) is 4.13. The lowest BCUT2D eigenvalue weighted by atomic mass is 10.0. The first kappa shape index (κ1) is 15.2. The maximum Gasteiger partial charge on any atom is 0.244 e. The second-order valence-corrected chi connectivity index (χ2v) is 5.83. The molecule has 0 saturated heterocycles. The second kappa shape index (κ2) is 5.85. The molecule has 4 heteroatoms. The zero-order valence-electron chi connectivity index (χ0n) is 11.6. The van der Waals surface area contributed by atoms with Crippen LogP contribution in [0.3, 0.4) is 0 Å². The summed E-state index contributed by atoms with van der Waals surface area (Å²) in [6.07, 6.45) is 0. The zero-order chi connectivity index (χ0) is 13.9. The largest absolute Gasteiger partial charge is 0.324 e. The Morgan fingerprint density at radius 3 is 2.22 bits per heavy atom. The molecule has 0 aliphatic carbocycles. The van der Waals surface area contributed by atoms with Gasteiger partial charge in [-0.1, -0.05) is 22.9 Å². The first-order valence-corrected chi connectivity index (χ1v) is 6.90. The van der Waals surface area contributed by atoms with Crippen LogP contribution in [0.1, 0.15) is 31.9 Å². The van der Waals surface area contributed by atoms with E-state index in [1.54, 1.807) is 0 Å². The van der Waals surface area contributed by atoms with E-state index in [0.29, 0.717) is 0 Å². The molecule has 0 saturated carbocycles. The van der Waals surface area contributed by atoms with Crippen molar-refractivity contribution in [1.82, 2.24) is 5.32 Å². The number of benzene rings is 1. The van der Waals surface area contributed by atoms with E-state index in [2.05, 4.69) is 26.6 Å². The lowest BCUT2D eigenvalue weighted by Gasteiger charge is -2.24. The Morgan fingerprint density at radius 1 is 1.28 bits per heavy atom. The summed E-state index contributed by atoms with van der Waals surface area (Å²) in [5, 5.41) is 6.11. The maximum atomic E-state index is 12.1. The second-order valence-electron chi connectivity index (χ2n) is 5.03. The molecule has 3 nitrogen and oxygen atoms in total. The van der Waals surface area contributed by atoms with Gasteiger partial charge in [-0.2, -0.15) is 0 Å². The average Bonchev–Trinajstić information content (AvgIpc) is 2.25. The first-order valence-electron chi connectivity index (χ1n) is 6.11. The van der Waals surface area contributed by atoms with E-state index in [-0.39, 0.29) is 5.91 Å². The Hall–Kier alpha value is -0.870. The molecule has 100 valence electrons. The lowest BCUT2D eigenvalue weighted by molar-refractivity contribution is -0.121. The molecule has 0 aliphatic rings. The van der Waals surface area contributed by atoms with Gasteiger partial charge in [0, 0.05) is 10.2 Å². The average molecular weight is 313 g/mol. The Morgan fingerprint density at radius 2 is 1.78 bits per heavy atom. The van der Waals surface area contributed by atoms with Gasteiger partial charge in [-0.3, -0.25) is 4.79 Å². The molecule has 0 fully saturated rings. The van der Waals surface area contributed by atoms with Crippen molar-refractivity contribution in [3.05, 3.63) is 27.7 Å². The molecule has 2 N–H and O–H groups in total. The monoisotopic (exact) mass is 312 g/mol. The van der Waals surface area contributed by atoms with Gasteiger partial charge in [0.2, 0.25) is 5.91 Å². The topological polar surface area (TPSA) is 41.1 Å². The van der Waals surface area contributed by atoms with Crippen LogP contribution in [0.15, 0.2) is 16.6 Å². The lowest BCUT2D eigenvalue weighted by Crippen LogP contribution is -2.49. The summed E-state index contributed by atoms with van der Waals surface area (Å²) in [4.78, 5) is 12.1. The van der Waals surface area contributed by atoms with Crippen molar-refractivity contribution >= 4 is 27.5 Å². The van der Waals surface area contributed by atoms with Crippen LogP contribution in [0, 0.1) is 13.8 Å². The normalized spacial score (nSPS) is 11.4. The number of rotatable bonds is 4. The summed E-state index contributed by atoms with van der Waals surface area (Å²) in [6, 6.07) is 3.94. The van der Waals surface area contributed by atoms with E-state index in [4.69, 9.17) is 0 Å². The van der Waals surface area contributed by atoms with Gasteiger partial charge in [0.15, 0.2) is 0 Å². The number of amides is 1. The SMILES string of the molecule is CCNC(C)(C)C(=O)Nc1cc(C)c(Br)c(C)c1. The molecule has 0 spiro atoms. The third kappa shape index (κ3) is 3.56. The maximum absolute atomic E-state index is 12.1. The molecule has 0 unspecified atom stereocenters. The Labute approximate surface area is 117 Å². The minimum Gasteiger partial charge on any atom is -0.324 e. The van der Waals surface area contributed by atoms with Crippen molar-refractivity contribution in [1.29, 1.82) is 0 Å². The Bertz CT molecular complexity index is 432. The number of aryl methyl sites for hydroxylation is 2. The predicted molar refractivity (Wildman–Crippen MR) is 80.0 cm³/mol. The van der Waals surface area contributed by atoms with Gasteiger partial charge >= 0.3 is 0 Å². The van der Waals surface area contributed by atoms with Crippen LogP contribution in [-0.4, -0.2) is 18.0 Å². The minimum absolute atomic E-state index is 0.0227. The highest BCUT2D eigenvalue weighted by Crippen LogP contribution is 2.25.